The number of pyridine rings is 2. The van der Waals surface area contributed by atoms with Crippen molar-refractivity contribution in [1.29, 1.82) is 0 Å². The molecular weight excluding hydrogens is 380 g/mol. The summed E-state index contributed by atoms with van der Waals surface area (Å²) in [5.41, 5.74) is 0.951. The van der Waals surface area contributed by atoms with Gasteiger partial charge in [0.25, 0.3) is 0 Å². The first-order chi connectivity index (χ1) is 13.5. The highest BCUT2D eigenvalue weighted by Crippen LogP contribution is 2.23. The highest BCUT2D eigenvalue weighted by atomic mass is 35.5. The van der Waals surface area contributed by atoms with Gasteiger partial charge in [0.1, 0.15) is 18.5 Å². The average Bonchev–Trinajstić information content (AvgIpc) is 2.73. The Morgan fingerprint density at radius 1 is 1.14 bits per heavy atom. The van der Waals surface area contributed by atoms with Gasteiger partial charge in [0, 0.05) is 18.5 Å². The van der Waals surface area contributed by atoms with Crippen molar-refractivity contribution in [2.45, 2.75) is 12.7 Å². The maximum absolute atomic E-state index is 12.2. The predicted octanol–water partition coefficient (Wildman–Crippen LogP) is 4.26. The van der Waals surface area contributed by atoms with Crippen molar-refractivity contribution >= 4 is 17.6 Å². The molecule has 1 N–H and O–H groups in total. The van der Waals surface area contributed by atoms with E-state index in [0.717, 1.165) is 0 Å². The van der Waals surface area contributed by atoms with Gasteiger partial charge in [0.05, 0.1) is 16.3 Å². The fourth-order valence-corrected chi connectivity index (χ4v) is 2.42. The molecule has 28 heavy (non-hydrogen) atoms. The smallest absolute Gasteiger partial charge is 0.336 e. The van der Waals surface area contributed by atoms with Crippen molar-refractivity contribution in [2.75, 3.05) is 0 Å². The SMILES string of the molecule is C=C(C(=O)OCc1cccc(Oc2ccc(Cl)cn2)c1)C(O)c1ccccn1. The molecule has 1 aromatic carbocycles. The van der Waals surface area contributed by atoms with Crippen molar-refractivity contribution < 1.29 is 19.4 Å². The molecule has 0 radical (unpaired) electrons. The van der Waals surface area contributed by atoms with Crippen molar-refractivity contribution in [3.05, 3.63) is 95.4 Å². The number of halogens is 1. The van der Waals surface area contributed by atoms with Crippen molar-refractivity contribution in [3.8, 4) is 11.6 Å². The highest BCUT2D eigenvalue weighted by molar-refractivity contribution is 6.30. The zero-order valence-corrected chi connectivity index (χ0v) is 15.5. The third kappa shape index (κ3) is 5.16. The van der Waals surface area contributed by atoms with Crippen LogP contribution < -0.4 is 4.74 Å². The Morgan fingerprint density at radius 2 is 2.00 bits per heavy atom. The molecule has 0 spiro atoms. The third-order valence-electron chi connectivity index (χ3n) is 3.75. The minimum absolute atomic E-state index is 0.00195. The summed E-state index contributed by atoms with van der Waals surface area (Å²) < 4.78 is 10.9. The number of benzene rings is 1. The molecule has 6 nitrogen and oxygen atoms in total. The summed E-state index contributed by atoms with van der Waals surface area (Å²) >= 11 is 5.80. The number of aliphatic hydroxyl groups is 1. The predicted molar refractivity (Wildman–Crippen MR) is 104 cm³/mol. The minimum Gasteiger partial charge on any atom is -0.457 e. The molecule has 3 aromatic rings. The number of carbonyl (C=O) groups is 1. The number of hydrogen-bond donors (Lipinski definition) is 1. The summed E-state index contributed by atoms with van der Waals surface area (Å²) in [6, 6.07) is 15.4. The van der Waals surface area contributed by atoms with Crippen LogP contribution >= 0.6 is 11.6 Å². The van der Waals surface area contributed by atoms with E-state index in [-0.39, 0.29) is 12.2 Å². The van der Waals surface area contributed by atoms with Gasteiger partial charge >= 0.3 is 5.97 Å². The molecule has 0 saturated heterocycles. The van der Waals surface area contributed by atoms with Crippen LogP contribution in [0.25, 0.3) is 0 Å². The van der Waals surface area contributed by atoms with Gasteiger partial charge in [-0.1, -0.05) is 36.4 Å². The van der Waals surface area contributed by atoms with Gasteiger partial charge in [-0.25, -0.2) is 9.78 Å². The Morgan fingerprint density at radius 3 is 2.71 bits per heavy atom. The molecule has 0 amide bonds. The van der Waals surface area contributed by atoms with Crippen LogP contribution in [0.4, 0.5) is 0 Å². The van der Waals surface area contributed by atoms with Crippen LogP contribution in [0.1, 0.15) is 17.4 Å². The quantitative estimate of drug-likeness (QED) is 0.474. The number of hydrogen-bond acceptors (Lipinski definition) is 6. The molecular formula is C21H17ClN2O4. The first kappa shape index (κ1) is 19.5. The van der Waals surface area contributed by atoms with E-state index in [0.29, 0.717) is 27.9 Å². The first-order valence-corrected chi connectivity index (χ1v) is 8.74. The molecule has 2 heterocycles. The number of ether oxygens (including phenoxy) is 2. The Balaban J connectivity index is 1.59. The van der Waals surface area contributed by atoms with Gasteiger partial charge in [0.2, 0.25) is 5.88 Å². The molecule has 1 unspecified atom stereocenters. The van der Waals surface area contributed by atoms with Gasteiger partial charge in [-0.05, 0) is 35.9 Å². The number of nitrogens with zero attached hydrogens (tertiary/aromatic N) is 2. The second-order valence-electron chi connectivity index (χ2n) is 5.82. The van der Waals surface area contributed by atoms with E-state index in [1.165, 1.54) is 12.4 Å². The van der Waals surface area contributed by atoms with E-state index in [9.17, 15) is 9.90 Å². The Bertz CT molecular complexity index is 962. The second-order valence-corrected chi connectivity index (χ2v) is 6.26. The maximum atomic E-state index is 12.2. The van der Waals surface area contributed by atoms with E-state index >= 15 is 0 Å². The standard InChI is InChI=1S/C21H17ClN2O4/c1-14(20(25)18-7-2-3-10-23-18)21(26)27-13-15-5-4-6-17(11-15)28-19-9-8-16(22)12-24-19/h2-12,20,25H,1,13H2. The number of carbonyl (C=O) groups excluding carboxylic acids is 1. The van der Waals surface area contributed by atoms with Crippen LogP contribution in [-0.2, 0) is 16.1 Å². The molecule has 0 saturated carbocycles. The maximum Gasteiger partial charge on any atom is 0.336 e. The lowest BCUT2D eigenvalue weighted by atomic mass is 10.1. The normalized spacial score (nSPS) is 11.5. The lowest BCUT2D eigenvalue weighted by Gasteiger charge is -2.13. The average molecular weight is 397 g/mol. The molecule has 2 aromatic heterocycles. The van der Waals surface area contributed by atoms with Crippen LogP contribution in [0.2, 0.25) is 5.02 Å². The highest BCUT2D eigenvalue weighted by Gasteiger charge is 2.20. The molecule has 0 aliphatic carbocycles. The number of aromatic nitrogens is 2. The molecule has 142 valence electrons. The monoisotopic (exact) mass is 396 g/mol. The summed E-state index contributed by atoms with van der Waals surface area (Å²) in [7, 11) is 0. The zero-order chi connectivity index (χ0) is 19.9. The first-order valence-electron chi connectivity index (χ1n) is 8.36. The number of esters is 1. The second kappa shape index (κ2) is 9.12. The molecule has 0 aliphatic rings. The van der Waals surface area contributed by atoms with E-state index in [1.54, 1.807) is 54.6 Å². The summed E-state index contributed by atoms with van der Waals surface area (Å²) in [6.45, 7) is 3.61. The van der Waals surface area contributed by atoms with Gasteiger partial charge < -0.3 is 14.6 Å². The number of rotatable bonds is 7. The zero-order valence-electron chi connectivity index (χ0n) is 14.8. The Hall–Kier alpha value is -3.22. The molecule has 1 atom stereocenters. The Kier molecular flexibility index (Phi) is 6.37. The van der Waals surface area contributed by atoms with Crippen LogP contribution in [-0.4, -0.2) is 21.0 Å². The van der Waals surface area contributed by atoms with Crippen LogP contribution in [0.15, 0.2) is 79.1 Å². The lowest BCUT2D eigenvalue weighted by molar-refractivity contribution is -0.141. The van der Waals surface area contributed by atoms with Gasteiger partial charge in [-0.3, -0.25) is 4.98 Å². The fourth-order valence-electron chi connectivity index (χ4n) is 2.31. The van der Waals surface area contributed by atoms with Crippen LogP contribution in [0, 0.1) is 0 Å². The van der Waals surface area contributed by atoms with Gasteiger partial charge in [0.15, 0.2) is 0 Å². The lowest BCUT2D eigenvalue weighted by Crippen LogP contribution is -2.14. The largest absolute Gasteiger partial charge is 0.457 e. The van der Waals surface area contributed by atoms with E-state index in [2.05, 4.69) is 16.5 Å². The number of aliphatic hydroxyl groups excluding tert-OH is 1. The van der Waals surface area contributed by atoms with Crippen LogP contribution in [0.3, 0.4) is 0 Å². The molecule has 3 rings (SSSR count). The van der Waals surface area contributed by atoms with E-state index in [4.69, 9.17) is 21.1 Å². The summed E-state index contributed by atoms with van der Waals surface area (Å²) in [4.78, 5) is 20.2. The third-order valence-corrected chi connectivity index (χ3v) is 3.97. The molecule has 7 heteroatoms. The molecule has 0 aliphatic heterocycles. The fraction of sp³-hybridized carbons (Fsp3) is 0.0952. The van der Waals surface area contributed by atoms with E-state index in [1.807, 2.05) is 0 Å². The summed E-state index contributed by atoms with van der Waals surface area (Å²) in [5, 5.41) is 10.7. The summed E-state index contributed by atoms with van der Waals surface area (Å²) in [6.07, 6.45) is 1.79. The molecule has 0 fully saturated rings. The van der Waals surface area contributed by atoms with Gasteiger partial charge in [-0.15, -0.1) is 0 Å². The van der Waals surface area contributed by atoms with Crippen molar-refractivity contribution in [2.24, 2.45) is 0 Å². The topological polar surface area (TPSA) is 81.5 Å². The Labute approximate surface area is 167 Å². The van der Waals surface area contributed by atoms with Crippen LogP contribution in [0.5, 0.6) is 11.6 Å². The van der Waals surface area contributed by atoms with E-state index < -0.39 is 12.1 Å². The van der Waals surface area contributed by atoms with Crippen molar-refractivity contribution in [3.63, 3.8) is 0 Å². The summed E-state index contributed by atoms with van der Waals surface area (Å²) in [5.74, 6) is 0.227. The van der Waals surface area contributed by atoms with Crippen molar-refractivity contribution in [1.82, 2.24) is 9.97 Å². The minimum atomic E-state index is -1.22. The molecule has 0 bridgehead atoms. The van der Waals surface area contributed by atoms with Gasteiger partial charge in [-0.2, -0.15) is 0 Å².